The van der Waals surface area contributed by atoms with Gasteiger partial charge in [-0.25, -0.2) is 0 Å². The molecule has 0 fully saturated rings. The Bertz CT molecular complexity index is 1250. The van der Waals surface area contributed by atoms with E-state index in [1.54, 1.807) is 24.3 Å². The number of benzene rings is 4. The summed E-state index contributed by atoms with van der Waals surface area (Å²) in [4.78, 5) is 0. The fraction of sp³-hybridized carbons (Fsp3) is 0.0667. The van der Waals surface area contributed by atoms with Gasteiger partial charge in [-0.2, -0.15) is 0 Å². The summed E-state index contributed by atoms with van der Waals surface area (Å²) >= 11 is 0. The third kappa shape index (κ3) is 4.55. The van der Waals surface area contributed by atoms with E-state index in [1.807, 2.05) is 84.9 Å². The largest absolute Gasteiger partial charge is 1.00 e. The van der Waals surface area contributed by atoms with E-state index in [0.717, 1.165) is 11.1 Å². The van der Waals surface area contributed by atoms with Gasteiger partial charge in [0.15, 0.2) is 11.2 Å². The molecule has 4 aromatic rings. The van der Waals surface area contributed by atoms with Crippen LogP contribution in [-0.4, -0.2) is 10.2 Å². The molecule has 152 valence electrons. The molecule has 0 aliphatic heterocycles. The molecule has 5 rings (SSSR count). The van der Waals surface area contributed by atoms with Gasteiger partial charge in [-0.1, -0.05) is 109 Å². The topological polar surface area (TPSA) is 40.5 Å². The van der Waals surface area contributed by atoms with Crippen molar-refractivity contribution in [3.63, 3.8) is 0 Å². The molecule has 0 heterocycles. The van der Waals surface area contributed by atoms with E-state index in [2.05, 4.69) is 23.7 Å². The van der Waals surface area contributed by atoms with E-state index in [9.17, 15) is 10.2 Å². The van der Waals surface area contributed by atoms with Gasteiger partial charge in [-0.3, -0.25) is 0 Å². The molecule has 0 radical (unpaired) electrons. The van der Waals surface area contributed by atoms with Crippen molar-refractivity contribution >= 4 is 0 Å². The zero-order chi connectivity index (χ0) is 22.0. The van der Waals surface area contributed by atoms with Crippen molar-refractivity contribution in [2.24, 2.45) is 0 Å². The number of fused-ring (bicyclic) bond motifs is 2. The molecule has 0 saturated carbocycles. The molecule has 4 aromatic carbocycles. The van der Waals surface area contributed by atoms with Crippen molar-refractivity contribution < 1.29 is 47.9 Å². The summed E-state index contributed by atoms with van der Waals surface area (Å²) in [5.41, 5.74) is 0.590. The Morgan fingerprint density at radius 2 is 0.676 bits per heavy atom. The molecule has 2 N–H and O–H groups in total. The molecule has 0 amide bonds. The maximum Gasteiger partial charge on any atom is 1.00 e. The van der Waals surface area contributed by atoms with Gasteiger partial charge in [0, 0.05) is 33.4 Å². The maximum atomic E-state index is 11.9. The van der Waals surface area contributed by atoms with Crippen LogP contribution in [0.5, 0.6) is 0 Å². The zero-order valence-corrected chi connectivity index (χ0v) is 19.3. The van der Waals surface area contributed by atoms with Gasteiger partial charge in [0.1, 0.15) is 0 Å². The quantitative estimate of drug-likeness (QED) is 0.268. The van der Waals surface area contributed by atoms with Crippen LogP contribution in [0.3, 0.4) is 0 Å². The first-order valence-electron chi connectivity index (χ1n) is 10.4. The van der Waals surface area contributed by atoms with Crippen LogP contribution < -0.4 is 37.7 Å². The first-order valence-corrected chi connectivity index (χ1v) is 10.4. The second-order valence-corrected chi connectivity index (χ2v) is 7.74. The van der Waals surface area contributed by atoms with Gasteiger partial charge in [-0.05, 0) is 24.3 Å². The predicted molar refractivity (Wildman–Crippen MR) is 126 cm³/mol. The second-order valence-electron chi connectivity index (χ2n) is 7.74. The fourth-order valence-corrected chi connectivity index (χ4v) is 4.16. The van der Waals surface area contributed by atoms with Crippen LogP contribution >= 0.6 is 0 Å². The Labute approximate surface area is 224 Å². The Morgan fingerprint density at radius 1 is 0.412 bits per heavy atom. The van der Waals surface area contributed by atoms with Crippen molar-refractivity contribution in [2.75, 3.05) is 0 Å². The molecule has 0 unspecified atom stereocenters. The number of hydrogen-bond acceptors (Lipinski definition) is 2. The SMILES string of the molecule is OC1(C#Cc2ccccc2)c2ccccc2C(O)(C#Cc2ccccc2)c2ccccc21.[Li+].[Li+]. The average molecular weight is 426 g/mol. The second kappa shape index (κ2) is 10.6. The summed E-state index contributed by atoms with van der Waals surface area (Å²) in [5.74, 6) is 12.4. The Hall–Kier alpha value is -2.89. The summed E-state index contributed by atoms with van der Waals surface area (Å²) in [7, 11) is 0. The molecule has 2 nitrogen and oxygen atoms in total. The standard InChI is InChI=1S/C30H20O2.2Li/c31-29(21-19-23-11-3-1-4-12-23)25-15-7-9-17-27(25)30(32,28-18-10-8-16-26(28)29)22-20-24-13-5-2-6-14-24;;/h1-18,31-32H;;/q;2*+1. The minimum absolute atomic E-state index is 0. The molecule has 1 aliphatic carbocycles. The van der Waals surface area contributed by atoms with Crippen molar-refractivity contribution in [1.29, 1.82) is 0 Å². The van der Waals surface area contributed by atoms with Crippen LogP contribution in [0.15, 0.2) is 109 Å². The number of rotatable bonds is 0. The smallest absolute Gasteiger partial charge is 0.369 e. The summed E-state index contributed by atoms with van der Waals surface area (Å²) in [6.07, 6.45) is 0. The number of hydrogen-bond donors (Lipinski definition) is 2. The predicted octanol–water partition coefficient (Wildman–Crippen LogP) is -1.42. The molecular formula is C30H20Li2O2+2. The third-order valence-electron chi connectivity index (χ3n) is 5.74. The van der Waals surface area contributed by atoms with Gasteiger partial charge >= 0.3 is 37.7 Å². The number of aliphatic hydroxyl groups is 2. The summed E-state index contributed by atoms with van der Waals surface area (Å²) in [6.45, 7) is 0. The zero-order valence-electron chi connectivity index (χ0n) is 19.3. The molecule has 1 aliphatic rings. The molecule has 34 heavy (non-hydrogen) atoms. The molecule has 0 bridgehead atoms. The molecular weight excluding hydrogens is 406 g/mol. The molecule has 0 spiro atoms. The van der Waals surface area contributed by atoms with Crippen LogP contribution in [0.1, 0.15) is 33.4 Å². The van der Waals surface area contributed by atoms with E-state index in [-0.39, 0.29) is 37.7 Å². The van der Waals surface area contributed by atoms with Crippen molar-refractivity contribution in [3.8, 4) is 23.7 Å². The van der Waals surface area contributed by atoms with Crippen LogP contribution in [0.4, 0.5) is 0 Å². The van der Waals surface area contributed by atoms with Crippen molar-refractivity contribution in [1.82, 2.24) is 0 Å². The van der Waals surface area contributed by atoms with Crippen LogP contribution in [-0.2, 0) is 11.2 Å². The van der Waals surface area contributed by atoms with Crippen molar-refractivity contribution in [2.45, 2.75) is 11.2 Å². The molecule has 0 aromatic heterocycles. The average Bonchev–Trinajstić information content (AvgIpc) is 2.87. The Kier molecular flexibility index (Phi) is 8.01. The summed E-state index contributed by atoms with van der Waals surface area (Å²) in [5, 5.41) is 23.8. The van der Waals surface area contributed by atoms with Gasteiger partial charge < -0.3 is 10.2 Å². The van der Waals surface area contributed by atoms with E-state index >= 15 is 0 Å². The minimum atomic E-state index is -1.58. The monoisotopic (exact) mass is 426 g/mol. The normalized spacial score (nSPS) is 19.4. The summed E-state index contributed by atoms with van der Waals surface area (Å²) in [6, 6.07) is 33.7. The van der Waals surface area contributed by atoms with Crippen LogP contribution in [0.25, 0.3) is 0 Å². The van der Waals surface area contributed by atoms with E-state index in [0.29, 0.717) is 22.3 Å². The molecule has 4 heteroatoms. The van der Waals surface area contributed by atoms with Gasteiger partial charge in [0.05, 0.1) is 0 Å². The van der Waals surface area contributed by atoms with E-state index in [1.165, 1.54) is 0 Å². The third-order valence-corrected chi connectivity index (χ3v) is 5.74. The Morgan fingerprint density at radius 3 is 0.971 bits per heavy atom. The van der Waals surface area contributed by atoms with Gasteiger partial charge in [0.25, 0.3) is 0 Å². The van der Waals surface area contributed by atoms with E-state index < -0.39 is 11.2 Å². The van der Waals surface area contributed by atoms with Crippen molar-refractivity contribution in [3.05, 3.63) is 143 Å². The van der Waals surface area contributed by atoms with Crippen LogP contribution in [0.2, 0.25) is 0 Å². The molecule has 0 saturated heterocycles. The Balaban J connectivity index is 0.00000162. The van der Waals surface area contributed by atoms with Gasteiger partial charge in [0.2, 0.25) is 0 Å². The minimum Gasteiger partial charge on any atom is -0.369 e. The first-order chi connectivity index (χ1) is 15.6. The summed E-state index contributed by atoms with van der Waals surface area (Å²) < 4.78 is 0. The molecule has 0 atom stereocenters. The van der Waals surface area contributed by atoms with E-state index in [4.69, 9.17) is 0 Å². The fourth-order valence-electron chi connectivity index (χ4n) is 4.16. The first kappa shape index (κ1) is 25.7. The van der Waals surface area contributed by atoms with Gasteiger partial charge in [-0.15, -0.1) is 0 Å². The maximum absolute atomic E-state index is 11.9. The van der Waals surface area contributed by atoms with Crippen LogP contribution in [0, 0.1) is 23.7 Å².